The Morgan fingerprint density at radius 1 is 1.15 bits per heavy atom. The molecule has 2 aromatic carbocycles. The first-order chi connectivity index (χ1) is 9.52. The predicted octanol–water partition coefficient (Wildman–Crippen LogP) is 5.19. The number of rotatable bonds is 4. The lowest BCUT2D eigenvalue weighted by atomic mass is 10.1. The zero-order chi connectivity index (χ0) is 14.7. The average molecular weight is 291 g/mol. The molecule has 1 N–H and O–H groups in total. The lowest BCUT2D eigenvalue weighted by Crippen LogP contribution is -2.00. The van der Waals surface area contributed by atoms with E-state index < -0.39 is 6.10 Å². The standard InChI is InChI=1S/C17H19ClO2/c1-4-15(19)14-7-5-6-8-16(14)20-17-11(2)9-13(18)10-12(17)3/h5-10,15,19H,4H2,1-3H3. The SMILES string of the molecule is CCC(O)c1ccccc1Oc1c(C)cc(Cl)cc1C. The Labute approximate surface area is 125 Å². The van der Waals surface area contributed by atoms with Crippen molar-refractivity contribution in [1.82, 2.24) is 0 Å². The summed E-state index contributed by atoms with van der Waals surface area (Å²) < 4.78 is 6.03. The molecule has 0 saturated carbocycles. The molecule has 1 atom stereocenters. The first kappa shape index (κ1) is 14.9. The number of halogens is 1. The molecule has 0 heterocycles. The normalized spacial score (nSPS) is 12.2. The van der Waals surface area contributed by atoms with Gasteiger partial charge in [0, 0.05) is 10.6 Å². The van der Waals surface area contributed by atoms with E-state index in [1.165, 1.54) is 0 Å². The smallest absolute Gasteiger partial charge is 0.133 e. The maximum Gasteiger partial charge on any atom is 0.133 e. The summed E-state index contributed by atoms with van der Waals surface area (Å²) >= 11 is 6.03. The molecule has 0 aliphatic heterocycles. The van der Waals surface area contributed by atoms with E-state index in [1.807, 2.05) is 57.2 Å². The summed E-state index contributed by atoms with van der Waals surface area (Å²) in [6.07, 6.45) is 0.137. The molecule has 106 valence electrons. The highest BCUT2D eigenvalue weighted by molar-refractivity contribution is 6.30. The fourth-order valence-electron chi connectivity index (χ4n) is 2.24. The van der Waals surface area contributed by atoms with Crippen molar-refractivity contribution in [2.75, 3.05) is 0 Å². The van der Waals surface area contributed by atoms with E-state index in [4.69, 9.17) is 16.3 Å². The third-order valence-electron chi connectivity index (χ3n) is 3.30. The molecule has 0 spiro atoms. The summed E-state index contributed by atoms with van der Waals surface area (Å²) in [6, 6.07) is 11.3. The molecule has 0 saturated heterocycles. The third kappa shape index (κ3) is 3.14. The van der Waals surface area contributed by atoms with E-state index in [2.05, 4.69) is 0 Å². The monoisotopic (exact) mass is 290 g/mol. The zero-order valence-corrected chi connectivity index (χ0v) is 12.7. The van der Waals surface area contributed by atoms with Crippen LogP contribution in [0.1, 0.15) is 36.1 Å². The highest BCUT2D eigenvalue weighted by Crippen LogP contribution is 2.35. The Morgan fingerprint density at radius 2 is 1.75 bits per heavy atom. The summed E-state index contributed by atoms with van der Waals surface area (Å²) in [6.45, 7) is 5.88. The van der Waals surface area contributed by atoms with Crippen molar-refractivity contribution >= 4 is 11.6 Å². The van der Waals surface area contributed by atoms with Gasteiger partial charge in [-0.3, -0.25) is 0 Å². The van der Waals surface area contributed by atoms with Crippen LogP contribution in [0.25, 0.3) is 0 Å². The lowest BCUT2D eigenvalue weighted by Gasteiger charge is -2.17. The number of hydrogen-bond acceptors (Lipinski definition) is 2. The van der Waals surface area contributed by atoms with Gasteiger partial charge in [-0.2, -0.15) is 0 Å². The molecule has 3 heteroatoms. The quantitative estimate of drug-likeness (QED) is 0.839. The van der Waals surface area contributed by atoms with Crippen molar-refractivity contribution in [2.24, 2.45) is 0 Å². The Balaban J connectivity index is 2.41. The number of hydrogen-bond donors (Lipinski definition) is 1. The summed E-state index contributed by atoms with van der Waals surface area (Å²) in [5.41, 5.74) is 2.77. The van der Waals surface area contributed by atoms with Gasteiger partial charge in [-0.25, -0.2) is 0 Å². The summed E-state index contributed by atoms with van der Waals surface area (Å²) in [4.78, 5) is 0. The fraction of sp³-hybridized carbons (Fsp3) is 0.294. The van der Waals surface area contributed by atoms with Crippen molar-refractivity contribution in [1.29, 1.82) is 0 Å². The molecule has 2 aromatic rings. The van der Waals surface area contributed by atoms with Crippen molar-refractivity contribution in [2.45, 2.75) is 33.3 Å². The largest absolute Gasteiger partial charge is 0.456 e. The van der Waals surface area contributed by atoms with Gasteiger partial charge >= 0.3 is 0 Å². The summed E-state index contributed by atoms with van der Waals surface area (Å²) in [5, 5.41) is 10.8. The van der Waals surface area contributed by atoms with Crippen LogP contribution in [-0.2, 0) is 0 Å². The number of benzene rings is 2. The van der Waals surface area contributed by atoms with Gasteiger partial charge in [0.25, 0.3) is 0 Å². The number of aliphatic hydroxyl groups excluding tert-OH is 1. The van der Waals surface area contributed by atoms with Crippen molar-refractivity contribution in [3.63, 3.8) is 0 Å². The first-order valence-electron chi connectivity index (χ1n) is 6.74. The van der Waals surface area contributed by atoms with Crippen molar-refractivity contribution < 1.29 is 9.84 Å². The van der Waals surface area contributed by atoms with Crippen LogP contribution in [0.4, 0.5) is 0 Å². The van der Waals surface area contributed by atoms with Crippen LogP contribution in [0, 0.1) is 13.8 Å². The van der Waals surface area contributed by atoms with Crippen molar-refractivity contribution in [3.8, 4) is 11.5 Å². The molecular formula is C17H19ClO2. The summed E-state index contributed by atoms with van der Waals surface area (Å²) in [5.74, 6) is 1.49. The van der Waals surface area contributed by atoms with E-state index >= 15 is 0 Å². The fourth-order valence-corrected chi connectivity index (χ4v) is 2.56. The number of para-hydroxylation sites is 1. The van der Waals surface area contributed by atoms with E-state index in [9.17, 15) is 5.11 Å². The van der Waals surface area contributed by atoms with Crippen LogP contribution in [0.3, 0.4) is 0 Å². The highest BCUT2D eigenvalue weighted by Gasteiger charge is 2.14. The van der Waals surface area contributed by atoms with Crippen LogP contribution < -0.4 is 4.74 Å². The molecule has 0 aliphatic rings. The van der Waals surface area contributed by atoms with Gasteiger partial charge in [0.1, 0.15) is 11.5 Å². The van der Waals surface area contributed by atoms with Crippen LogP contribution >= 0.6 is 11.6 Å². The minimum absolute atomic E-state index is 0.515. The van der Waals surface area contributed by atoms with Gasteiger partial charge in [0.05, 0.1) is 6.10 Å². The second kappa shape index (κ2) is 6.29. The van der Waals surface area contributed by atoms with Crippen LogP contribution in [0.15, 0.2) is 36.4 Å². The Hall–Kier alpha value is -1.51. The topological polar surface area (TPSA) is 29.5 Å². The highest BCUT2D eigenvalue weighted by atomic mass is 35.5. The van der Waals surface area contributed by atoms with E-state index in [0.717, 1.165) is 22.4 Å². The minimum Gasteiger partial charge on any atom is -0.456 e. The third-order valence-corrected chi connectivity index (χ3v) is 3.52. The van der Waals surface area contributed by atoms with Gasteiger partial charge in [-0.1, -0.05) is 36.7 Å². The van der Waals surface area contributed by atoms with Gasteiger partial charge in [-0.15, -0.1) is 0 Å². The van der Waals surface area contributed by atoms with E-state index in [1.54, 1.807) is 0 Å². The molecule has 20 heavy (non-hydrogen) atoms. The summed E-state index contributed by atoms with van der Waals surface area (Å²) in [7, 11) is 0. The average Bonchev–Trinajstić information content (AvgIpc) is 2.42. The molecule has 2 rings (SSSR count). The number of aryl methyl sites for hydroxylation is 2. The minimum atomic E-state index is -0.515. The van der Waals surface area contributed by atoms with Crippen LogP contribution in [0.2, 0.25) is 5.02 Å². The van der Waals surface area contributed by atoms with E-state index in [0.29, 0.717) is 17.2 Å². The molecule has 0 fully saturated rings. The maximum absolute atomic E-state index is 10.1. The second-order valence-corrected chi connectivity index (χ2v) is 5.37. The number of ether oxygens (including phenoxy) is 1. The molecular weight excluding hydrogens is 272 g/mol. The predicted molar refractivity (Wildman–Crippen MR) is 82.7 cm³/mol. The molecule has 0 aliphatic carbocycles. The Morgan fingerprint density at radius 3 is 2.35 bits per heavy atom. The number of aliphatic hydroxyl groups is 1. The molecule has 1 unspecified atom stereocenters. The molecule has 2 nitrogen and oxygen atoms in total. The maximum atomic E-state index is 10.1. The first-order valence-corrected chi connectivity index (χ1v) is 7.12. The van der Waals surface area contributed by atoms with Gasteiger partial charge in [0.15, 0.2) is 0 Å². The van der Waals surface area contributed by atoms with E-state index in [-0.39, 0.29) is 0 Å². The second-order valence-electron chi connectivity index (χ2n) is 4.93. The van der Waals surface area contributed by atoms with Crippen molar-refractivity contribution in [3.05, 3.63) is 58.1 Å². The van der Waals surface area contributed by atoms with Crippen LogP contribution in [-0.4, -0.2) is 5.11 Å². The lowest BCUT2D eigenvalue weighted by molar-refractivity contribution is 0.170. The zero-order valence-electron chi connectivity index (χ0n) is 12.0. The Kier molecular flexibility index (Phi) is 4.69. The van der Waals surface area contributed by atoms with Gasteiger partial charge in [-0.05, 0) is 49.6 Å². The van der Waals surface area contributed by atoms with Crippen LogP contribution in [0.5, 0.6) is 11.5 Å². The molecule has 0 aromatic heterocycles. The van der Waals surface area contributed by atoms with Gasteiger partial charge in [0.2, 0.25) is 0 Å². The molecule has 0 radical (unpaired) electrons. The Bertz CT molecular complexity index is 585. The molecule has 0 bridgehead atoms. The molecule has 0 amide bonds. The van der Waals surface area contributed by atoms with Gasteiger partial charge < -0.3 is 9.84 Å².